The van der Waals surface area contributed by atoms with Crippen molar-refractivity contribution < 1.29 is 4.79 Å². The standard InChI is InChI=1S/C13H21N5O/c1-10(19)15-6-7-16-13-11(14)4-5-12(17-13)18-8-2-3-9-18/h4-5H,2-3,6-9,14H2,1H3,(H,15,19)(H,16,17). The molecule has 1 aromatic heterocycles. The van der Waals surface area contributed by atoms with Crippen LogP contribution in [0.4, 0.5) is 17.3 Å². The minimum atomic E-state index is -0.0338. The number of hydrogen-bond acceptors (Lipinski definition) is 5. The Balaban J connectivity index is 1.94. The lowest BCUT2D eigenvalue weighted by Gasteiger charge is -2.18. The Kier molecular flexibility index (Phi) is 4.43. The summed E-state index contributed by atoms with van der Waals surface area (Å²) in [7, 11) is 0. The molecule has 1 aliphatic rings. The van der Waals surface area contributed by atoms with Gasteiger partial charge in [0.25, 0.3) is 0 Å². The Bertz CT molecular complexity index is 443. The van der Waals surface area contributed by atoms with Crippen LogP contribution in [0.2, 0.25) is 0 Å². The Morgan fingerprint density at radius 2 is 2.11 bits per heavy atom. The summed E-state index contributed by atoms with van der Waals surface area (Å²) >= 11 is 0. The summed E-state index contributed by atoms with van der Waals surface area (Å²) in [5, 5.41) is 5.88. The number of nitrogens with zero attached hydrogens (tertiary/aromatic N) is 2. The van der Waals surface area contributed by atoms with Crippen LogP contribution in [0.5, 0.6) is 0 Å². The summed E-state index contributed by atoms with van der Waals surface area (Å²) in [6, 6.07) is 3.83. The highest BCUT2D eigenvalue weighted by Crippen LogP contribution is 2.23. The van der Waals surface area contributed by atoms with E-state index in [4.69, 9.17) is 5.73 Å². The van der Waals surface area contributed by atoms with E-state index in [9.17, 15) is 4.79 Å². The molecule has 0 aliphatic carbocycles. The zero-order valence-corrected chi connectivity index (χ0v) is 11.3. The van der Waals surface area contributed by atoms with Gasteiger partial charge in [0.2, 0.25) is 5.91 Å². The molecule has 1 aromatic rings. The van der Waals surface area contributed by atoms with Crippen molar-refractivity contribution in [3.05, 3.63) is 12.1 Å². The first-order valence-electron chi connectivity index (χ1n) is 6.66. The van der Waals surface area contributed by atoms with E-state index >= 15 is 0 Å². The average Bonchev–Trinajstić information content (AvgIpc) is 2.90. The lowest BCUT2D eigenvalue weighted by Crippen LogP contribution is -2.27. The quantitative estimate of drug-likeness (QED) is 0.685. The van der Waals surface area contributed by atoms with Crippen molar-refractivity contribution in [2.45, 2.75) is 19.8 Å². The maximum Gasteiger partial charge on any atom is 0.216 e. The van der Waals surface area contributed by atoms with Crippen molar-refractivity contribution >= 4 is 23.2 Å². The monoisotopic (exact) mass is 263 g/mol. The van der Waals surface area contributed by atoms with Crippen LogP contribution in [-0.4, -0.2) is 37.1 Å². The number of anilines is 3. The van der Waals surface area contributed by atoms with E-state index in [-0.39, 0.29) is 5.91 Å². The summed E-state index contributed by atoms with van der Waals surface area (Å²) < 4.78 is 0. The van der Waals surface area contributed by atoms with E-state index in [0.717, 1.165) is 18.9 Å². The third-order valence-corrected chi connectivity index (χ3v) is 3.13. The summed E-state index contributed by atoms with van der Waals surface area (Å²) in [6.45, 7) is 4.79. The zero-order valence-electron chi connectivity index (χ0n) is 11.3. The Labute approximate surface area is 113 Å². The molecular formula is C13H21N5O. The van der Waals surface area contributed by atoms with Crippen LogP contribution in [0.25, 0.3) is 0 Å². The van der Waals surface area contributed by atoms with E-state index in [1.807, 2.05) is 12.1 Å². The maximum atomic E-state index is 10.8. The van der Waals surface area contributed by atoms with E-state index in [1.54, 1.807) is 0 Å². The number of rotatable bonds is 5. The number of nitrogens with two attached hydrogens (primary N) is 1. The molecule has 0 atom stereocenters. The van der Waals surface area contributed by atoms with Gasteiger partial charge in [-0.05, 0) is 25.0 Å². The first-order chi connectivity index (χ1) is 9.16. The van der Waals surface area contributed by atoms with Crippen LogP contribution in [0.3, 0.4) is 0 Å². The lowest BCUT2D eigenvalue weighted by atomic mass is 10.3. The van der Waals surface area contributed by atoms with E-state index in [0.29, 0.717) is 24.6 Å². The molecule has 6 nitrogen and oxygen atoms in total. The highest BCUT2D eigenvalue weighted by atomic mass is 16.1. The molecule has 2 rings (SSSR count). The van der Waals surface area contributed by atoms with Crippen molar-refractivity contribution in [1.82, 2.24) is 10.3 Å². The molecule has 1 amide bonds. The zero-order chi connectivity index (χ0) is 13.7. The fraction of sp³-hybridized carbons (Fsp3) is 0.538. The van der Waals surface area contributed by atoms with Gasteiger partial charge in [-0.3, -0.25) is 4.79 Å². The molecule has 2 heterocycles. The molecule has 6 heteroatoms. The molecule has 4 N–H and O–H groups in total. The predicted molar refractivity (Wildman–Crippen MR) is 77.3 cm³/mol. The highest BCUT2D eigenvalue weighted by molar-refractivity contribution is 5.72. The molecule has 0 bridgehead atoms. The normalized spacial score (nSPS) is 14.5. The molecule has 0 aromatic carbocycles. The second-order valence-corrected chi connectivity index (χ2v) is 4.71. The van der Waals surface area contributed by atoms with Crippen LogP contribution in [0.1, 0.15) is 19.8 Å². The number of nitrogens with one attached hydrogen (secondary N) is 2. The number of pyridine rings is 1. The van der Waals surface area contributed by atoms with Gasteiger partial charge in [0, 0.05) is 33.1 Å². The number of hydrogen-bond donors (Lipinski definition) is 3. The van der Waals surface area contributed by atoms with Crippen LogP contribution in [0.15, 0.2) is 12.1 Å². The highest BCUT2D eigenvalue weighted by Gasteiger charge is 2.14. The summed E-state index contributed by atoms with van der Waals surface area (Å²) in [5.41, 5.74) is 6.53. The summed E-state index contributed by atoms with van der Waals surface area (Å²) in [6.07, 6.45) is 2.44. The van der Waals surface area contributed by atoms with Gasteiger partial charge in [-0.15, -0.1) is 0 Å². The number of carbonyl (C=O) groups excluding carboxylic acids is 1. The van der Waals surface area contributed by atoms with Crippen LogP contribution in [-0.2, 0) is 4.79 Å². The second-order valence-electron chi connectivity index (χ2n) is 4.71. The van der Waals surface area contributed by atoms with Gasteiger partial charge in [0.15, 0.2) is 5.82 Å². The van der Waals surface area contributed by atoms with Crippen molar-refractivity contribution in [3.63, 3.8) is 0 Å². The summed E-state index contributed by atoms with van der Waals surface area (Å²) in [5.74, 6) is 1.62. The van der Waals surface area contributed by atoms with Crippen molar-refractivity contribution in [2.24, 2.45) is 0 Å². The van der Waals surface area contributed by atoms with Crippen molar-refractivity contribution in [1.29, 1.82) is 0 Å². The number of nitrogen functional groups attached to an aromatic ring is 1. The molecule has 0 unspecified atom stereocenters. The molecule has 19 heavy (non-hydrogen) atoms. The average molecular weight is 263 g/mol. The van der Waals surface area contributed by atoms with E-state index in [2.05, 4.69) is 20.5 Å². The molecule has 0 radical (unpaired) electrons. The van der Waals surface area contributed by atoms with Crippen LogP contribution in [0, 0.1) is 0 Å². The van der Waals surface area contributed by atoms with Gasteiger partial charge in [-0.25, -0.2) is 4.98 Å². The van der Waals surface area contributed by atoms with Gasteiger partial charge in [-0.2, -0.15) is 0 Å². The smallest absolute Gasteiger partial charge is 0.216 e. The van der Waals surface area contributed by atoms with Crippen LogP contribution >= 0.6 is 0 Å². The topological polar surface area (TPSA) is 83.3 Å². The van der Waals surface area contributed by atoms with E-state index in [1.165, 1.54) is 19.8 Å². The molecule has 0 saturated carbocycles. The van der Waals surface area contributed by atoms with Gasteiger partial charge in [-0.1, -0.05) is 0 Å². The molecule has 0 spiro atoms. The third-order valence-electron chi connectivity index (χ3n) is 3.13. The maximum absolute atomic E-state index is 10.8. The van der Waals surface area contributed by atoms with E-state index < -0.39 is 0 Å². The first kappa shape index (κ1) is 13.5. The minimum Gasteiger partial charge on any atom is -0.396 e. The van der Waals surface area contributed by atoms with Crippen molar-refractivity contribution in [2.75, 3.05) is 42.1 Å². The van der Waals surface area contributed by atoms with Gasteiger partial charge in [0.1, 0.15) is 5.82 Å². The first-order valence-corrected chi connectivity index (χ1v) is 6.66. The minimum absolute atomic E-state index is 0.0338. The molecule has 104 valence electrons. The van der Waals surface area contributed by atoms with Gasteiger partial charge in [0.05, 0.1) is 5.69 Å². The fourth-order valence-electron chi connectivity index (χ4n) is 2.14. The Hall–Kier alpha value is -1.98. The third kappa shape index (κ3) is 3.74. The lowest BCUT2D eigenvalue weighted by molar-refractivity contribution is -0.118. The largest absolute Gasteiger partial charge is 0.396 e. The fourth-order valence-corrected chi connectivity index (χ4v) is 2.14. The SMILES string of the molecule is CC(=O)NCCNc1nc(N2CCCC2)ccc1N. The van der Waals surface area contributed by atoms with Crippen LogP contribution < -0.4 is 21.3 Å². The van der Waals surface area contributed by atoms with Crippen molar-refractivity contribution in [3.8, 4) is 0 Å². The molecular weight excluding hydrogens is 242 g/mol. The Morgan fingerprint density at radius 1 is 1.37 bits per heavy atom. The molecule has 1 aliphatic heterocycles. The number of carbonyl (C=O) groups is 1. The molecule has 1 fully saturated rings. The predicted octanol–water partition coefficient (Wildman–Crippen LogP) is 0.812. The number of aromatic nitrogens is 1. The summed E-state index contributed by atoms with van der Waals surface area (Å²) in [4.78, 5) is 17.6. The molecule has 1 saturated heterocycles. The van der Waals surface area contributed by atoms with Gasteiger partial charge >= 0.3 is 0 Å². The number of amides is 1. The van der Waals surface area contributed by atoms with Gasteiger partial charge < -0.3 is 21.3 Å². The Morgan fingerprint density at radius 3 is 2.79 bits per heavy atom. The second kappa shape index (κ2) is 6.26.